The van der Waals surface area contributed by atoms with Crippen molar-refractivity contribution in [1.82, 2.24) is 0 Å². The lowest BCUT2D eigenvalue weighted by molar-refractivity contribution is 0.0985. The molecule has 0 unspecified atom stereocenters. The van der Waals surface area contributed by atoms with Crippen LogP contribution in [0.25, 0.3) is 0 Å². The molecule has 0 aromatic heterocycles. The minimum atomic E-state index is -0.865. The molecule has 0 spiro atoms. The average molecular weight is 341 g/mol. The van der Waals surface area contributed by atoms with Crippen molar-refractivity contribution in [2.75, 3.05) is 7.11 Å². The molecule has 0 saturated heterocycles. The van der Waals surface area contributed by atoms with E-state index in [9.17, 15) is 13.6 Å². The van der Waals surface area contributed by atoms with Crippen LogP contribution in [-0.4, -0.2) is 12.9 Å². The second-order valence-corrected chi connectivity index (χ2v) is 5.11. The molecular weight excluding hydrogens is 330 g/mol. The van der Waals surface area contributed by atoms with E-state index in [1.807, 2.05) is 0 Å². The van der Waals surface area contributed by atoms with Crippen LogP contribution in [0.5, 0.6) is 5.75 Å². The maximum Gasteiger partial charge on any atom is 0.173 e. The van der Waals surface area contributed by atoms with Crippen LogP contribution in [0.2, 0.25) is 0 Å². The fraction of sp³-hybridized carbons (Fsp3) is 0.133. The van der Waals surface area contributed by atoms with Crippen LogP contribution in [-0.2, 0) is 6.42 Å². The first-order valence-corrected chi connectivity index (χ1v) is 6.61. The van der Waals surface area contributed by atoms with Crippen molar-refractivity contribution in [2.24, 2.45) is 0 Å². The Labute approximate surface area is 123 Å². The SMILES string of the molecule is COc1ccc(CC(=O)c2c(F)cc(Br)cc2F)cc1. The van der Waals surface area contributed by atoms with E-state index in [0.717, 1.165) is 12.1 Å². The number of ether oxygens (including phenoxy) is 1. The normalized spacial score (nSPS) is 10.4. The molecule has 20 heavy (non-hydrogen) atoms. The van der Waals surface area contributed by atoms with Crippen LogP contribution in [0.1, 0.15) is 15.9 Å². The number of methoxy groups -OCH3 is 1. The maximum absolute atomic E-state index is 13.7. The largest absolute Gasteiger partial charge is 0.497 e. The van der Waals surface area contributed by atoms with Crippen LogP contribution in [0.3, 0.4) is 0 Å². The predicted octanol–water partition coefficient (Wildman–Crippen LogP) is 4.16. The van der Waals surface area contributed by atoms with Crippen molar-refractivity contribution >= 4 is 21.7 Å². The van der Waals surface area contributed by atoms with Gasteiger partial charge in [-0.2, -0.15) is 0 Å². The summed E-state index contributed by atoms with van der Waals surface area (Å²) >= 11 is 2.97. The van der Waals surface area contributed by atoms with E-state index in [1.165, 1.54) is 7.11 Å². The Bertz CT molecular complexity index is 616. The van der Waals surface area contributed by atoms with Gasteiger partial charge < -0.3 is 4.74 Å². The summed E-state index contributed by atoms with van der Waals surface area (Å²) in [7, 11) is 1.53. The zero-order valence-electron chi connectivity index (χ0n) is 10.6. The molecular formula is C15H11BrF2O2. The molecule has 0 aliphatic heterocycles. The third kappa shape index (κ3) is 3.22. The van der Waals surface area contributed by atoms with E-state index >= 15 is 0 Å². The van der Waals surface area contributed by atoms with Gasteiger partial charge in [-0.05, 0) is 29.8 Å². The van der Waals surface area contributed by atoms with Gasteiger partial charge in [-0.25, -0.2) is 8.78 Å². The van der Waals surface area contributed by atoms with Gasteiger partial charge >= 0.3 is 0 Å². The Morgan fingerprint density at radius 1 is 1.15 bits per heavy atom. The third-order valence-electron chi connectivity index (χ3n) is 2.81. The Morgan fingerprint density at radius 2 is 1.70 bits per heavy atom. The highest BCUT2D eigenvalue weighted by atomic mass is 79.9. The lowest BCUT2D eigenvalue weighted by Crippen LogP contribution is -2.09. The molecule has 2 nitrogen and oxygen atoms in total. The van der Waals surface area contributed by atoms with Crippen LogP contribution in [0.4, 0.5) is 8.78 Å². The summed E-state index contributed by atoms with van der Waals surface area (Å²) in [6, 6.07) is 8.90. The number of hydrogen-bond donors (Lipinski definition) is 0. The Kier molecular flexibility index (Phi) is 4.49. The second kappa shape index (κ2) is 6.13. The van der Waals surface area contributed by atoms with Gasteiger partial charge in [0.05, 0.1) is 12.7 Å². The fourth-order valence-corrected chi connectivity index (χ4v) is 2.23. The highest BCUT2D eigenvalue weighted by molar-refractivity contribution is 9.10. The Morgan fingerprint density at radius 3 is 2.20 bits per heavy atom. The van der Waals surface area contributed by atoms with Crippen molar-refractivity contribution in [1.29, 1.82) is 0 Å². The molecule has 0 amide bonds. The minimum absolute atomic E-state index is 0.0700. The molecule has 0 aliphatic rings. The lowest BCUT2D eigenvalue weighted by atomic mass is 10.0. The lowest BCUT2D eigenvalue weighted by Gasteiger charge is -2.06. The number of carbonyl (C=O) groups is 1. The first-order valence-electron chi connectivity index (χ1n) is 5.82. The van der Waals surface area contributed by atoms with Crippen LogP contribution in [0, 0.1) is 11.6 Å². The third-order valence-corrected chi connectivity index (χ3v) is 3.27. The summed E-state index contributed by atoms with van der Waals surface area (Å²) in [4.78, 5) is 12.0. The summed E-state index contributed by atoms with van der Waals surface area (Å²) in [6.45, 7) is 0. The zero-order valence-corrected chi connectivity index (χ0v) is 12.2. The first-order chi connectivity index (χ1) is 9.51. The number of Topliss-reactive ketones (excluding diaryl/α,β-unsaturated/α-hetero) is 1. The van der Waals surface area contributed by atoms with Gasteiger partial charge in [-0.3, -0.25) is 4.79 Å². The molecule has 2 aromatic carbocycles. The van der Waals surface area contributed by atoms with Gasteiger partial charge in [0.2, 0.25) is 0 Å². The van der Waals surface area contributed by atoms with Gasteiger partial charge in [0.25, 0.3) is 0 Å². The molecule has 0 radical (unpaired) electrons. The van der Waals surface area contributed by atoms with Crippen molar-refractivity contribution in [3.63, 3.8) is 0 Å². The second-order valence-electron chi connectivity index (χ2n) is 4.19. The monoisotopic (exact) mass is 340 g/mol. The molecule has 0 aliphatic carbocycles. The molecule has 0 atom stereocenters. The number of carbonyl (C=O) groups excluding carboxylic acids is 1. The van der Waals surface area contributed by atoms with E-state index in [2.05, 4.69) is 15.9 Å². The Balaban J connectivity index is 2.23. The standard InChI is InChI=1S/C15H11BrF2O2/c1-20-11-4-2-9(3-5-11)6-14(19)15-12(17)7-10(16)8-13(15)18/h2-5,7-8H,6H2,1H3. The summed E-state index contributed by atoms with van der Waals surface area (Å²) in [5, 5.41) is 0. The minimum Gasteiger partial charge on any atom is -0.497 e. The van der Waals surface area contributed by atoms with Gasteiger partial charge in [-0.15, -0.1) is 0 Å². The molecule has 0 saturated carbocycles. The molecule has 104 valence electrons. The first kappa shape index (κ1) is 14.7. The van der Waals surface area contributed by atoms with Gasteiger partial charge in [0.1, 0.15) is 17.4 Å². The van der Waals surface area contributed by atoms with E-state index < -0.39 is 23.0 Å². The summed E-state index contributed by atoms with van der Waals surface area (Å²) in [6.07, 6.45) is -0.0700. The molecule has 0 heterocycles. The highest BCUT2D eigenvalue weighted by Crippen LogP contribution is 2.21. The topological polar surface area (TPSA) is 26.3 Å². The molecule has 5 heteroatoms. The predicted molar refractivity (Wildman–Crippen MR) is 75.1 cm³/mol. The van der Waals surface area contributed by atoms with Gasteiger partial charge in [0.15, 0.2) is 5.78 Å². The molecule has 0 N–H and O–H groups in total. The average Bonchev–Trinajstić information content (AvgIpc) is 2.38. The van der Waals surface area contributed by atoms with E-state index in [1.54, 1.807) is 24.3 Å². The van der Waals surface area contributed by atoms with Crippen LogP contribution >= 0.6 is 15.9 Å². The summed E-state index contributed by atoms with van der Waals surface area (Å²) < 4.78 is 32.6. The van der Waals surface area contributed by atoms with E-state index in [4.69, 9.17) is 4.74 Å². The maximum atomic E-state index is 13.7. The molecule has 0 bridgehead atoms. The van der Waals surface area contributed by atoms with Crippen molar-refractivity contribution in [2.45, 2.75) is 6.42 Å². The number of ketones is 1. The van der Waals surface area contributed by atoms with Gasteiger partial charge in [-0.1, -0.05) is 28.1 Å². The van der Waals surface area contributed by atoms with Gasteiger partial charge in [0, 0.05) is 10.9 Å². The fourth-order valence-electron chi connectivity index (χ4n) is 1.83. The van der Waals surface area contributed by atoms with Crippen molar-refractivity contribution in [3.05, 3.63) is 63.6 Å². The number of benzene rings is 2. The number of halogens is 3. The molecule has 2 rings (SSSR count). The smallest absolute Gasteiger partial charge is 0.173 e. The van der Waals surface area contributed by atoms with E-state index in [0.29, 0.717) is 11.3 Å². The summed E-state index contributed by atoms with van der Waals surface area (Å²) in [5.41, 5.74) is 0.154. The molecule has 2 aromatic rings. The van der Waals surface area contributed by atoms with Crippen molar-refractivity contribution in [3.8, 4) is 5.75 Å². The number of rotatable bonds is 4. The Hall–Kier alpha value is -1.75. The van der Waals surface area contributed by atoms with E-state index in [-0.39, 0.29) is 10.9 Å². The van der Waals surface area contributed by atoms with Crippen LogP contribution < -0.4 is 4.74 Å². The quantitative estimate of drug-likeness (QED) is 0.781. The van der Waals surface area contributed by atoms with Crippen molar-refractivity contribution < 1.29 is 18.3 Å². The van der Waals surface area contributed by atoms with Crippen LogP contribution in [0.15, 0.2) is 40.9 Å². The number of hydrogen-bond acceptors (Lipinski definition) is 2. The summed E-state index contributed by atoms with van der Waals surface area (Å²) in [5.74, 6) is -1.68. The molecule has 0 fully saturated rings. The zero-order chi connectivity index (χ0) is 14.7. The highest BCUT2D eigenvalue weighted by Gasteiger charge is 2.18.